The number of nitrogens with two attached hydrogens (primary N) is 2. The molecular weight excluding hydrogens is 132 g/mol. The lowest BCUT2D eigenvalue weighted by atomic mass is 10.3. The molecule has 1 amide bonds. The molecule has 1 rings (SSSR count). The van der Waals surface area contributed by atoms with E-state index in [0.29, 0.717) is 0 Å². The maximum atomic E-state index is 10.5. The fraction of sp³-hybridized carbons (Fsp3) is 0. The Labute approximate surface area is 57.1 Å². The van der Waals surface area contributed by atoms with Gasteiger partial charge in [0.1, 0.15) is 12.1 Å². The largest absolute Gasteiger partial charge is 0.383 e. The first kappa shape index (κ1) is 6.47. The van der Waals surface area contributed by atoms with Crippen molar-refractivity contribution in [2.45, 2.75) is 0 Å². The fourth-order valence-corrected chi connectivity index (χ4v) is 0.529. The average Bonchev–Trinajstić information content (AvgIpc) is 1.88. The number of hydrogen-bond acceptors (Lipinski definition) is 4. The number of hydrogen-bond donors (Lipinski definition) is 2. The maximum Gasteiger partial charge on any atom is 0.254 e. The second kappa shape index (κ2) is 2.30. The van der Waals surface area contributed by atoms with Crippen molar-refractivity contribution in [1.29, 1.82) is 0 Å². The van der Waals surface area contributed by atoms with Gasteiger partial charge in [0.05, 0.1) is 5.56 Å². The van der Waals surface area contributed by atoms with Crippen LogP contribution in [0.25, 0.3) is 0 Å². The molecule has 5 nitrogen and oxygen atoms in total. The van der Waals surface area contributed by atoms with E-state index in [9.17, 15) is 4.79 Å². The average molecular weight is 138 g/mol. The van der Waals surface area contributed by atoms with Gasteiger partial charge >= 0.3 is 0 Å². The van der Waals surface area contributed by atoms with Gasteiger partial charge in [0.15, 0.2) is 0 Å². The number of aromatic nitrogens is 2. The van der Waals surface area contributed by atoms with Crippen molar-refractivity contribution in [3.63, 3.8) is 0 Å². The molecule has 0 fully saturated rings. The van der Waals surface area contributed by atoms with Crippen molar-refractivity contribution in [2.75, 3.05) is 5.73 Å². The molecule has 0 aliphatic rings. The van der Waals surface area contributed by atoms with Gasteiger partial charge in [-0.15, -0.1) is 0 Å². The lowest BCUT2D eigenvalue weighted by molar-refractivity contribution is 0.100. The first-order chi connectivity index (χ1) is 4.72. The Morgan fingerprint density at radius 1 is 1.60 bits per heavy atom. The highest BCUT2D eigenvalue weighted by Gasteiger charge is 2.04. The van der Waals surface area contributed by atoms with Crippen LogP contribution in [0, 0.1) is 0 Å². The van der Waals surface area contributed by atoms with Gasteiger partial charge in [-0.2, -0.15) is 0 Å². The highest BCUT2D eigenvalue weighted by atomic mass is 16.1. The summed E-state index contributed by atoms with van der Waals surface area (Å²) in [5.74, 6) is -0.499. The summed E-state index contributed by atoms with van der Waals surface area (Å²) in [6.07, 6.45) is 2.53. The summed E-state index contributed by atoms with van der Waals surface area (Å²) in [6, 6.07) is 0. The van der Waals surface area contributed by atoms with E-state index in [-0.39, 0.29) is 11.4 Å². The monoisotopic (exact) mass is 138 g/mol. The highest BCUT2D eigenvalue weighted by molar-refractivity contribution is 5.96. The number of rotatable bonds is 1. The molecule has 4 N–H and O–H groups in total. The van der Waals surface area contributed by atoms with Gasteiger partial charge in [-0.1, -0.05) is 0 Å². The molecule has 0 spiro atoms. The quantitative estimate of drug-likeness (QED) is 0.528. The summed E-state index contributed by atoms with van der Waals surface area (Å²) in [5, 5.41) is 0. The van der Waals surface area contributed by atoms with Crippen LogP contribution in [0.15, 0.2) is 12.5 Å². The molecule has 0 aliphatic heterocycles. The summed E-state index contributed by atoms with van der Waals surface area (Å²) >= 11 is 0. The van der Waals surface area contributed by atoms with E-state index in [1.165, 1.54) is 12.5 Å². The van der Waals surface area contributed by atoms with Crippen LogP contribution >= 0.6 is 0 Å². The van der Waals surface area contributed by atoms with Gasteiger partial charge in [-0.3, -0.25) is 4.79 Å². The van der Waals surface area contributed by atoms with Gasteiger partial charge in [0.25, 0.3) is 5.91 Å². The van der Waals surface area contributed by atoms with Crippen molar-refractivity contribution in [1.82, 2.24) is 9.97 Å². The predicted octanol–water partition coefficient (Wildman–Crippen LogP) is -0.842. The zero-order valence-electron chi connectivity index (χ0n) is 5.11. The summed E-state index contributed by atoms with van der Waals surface area (Å²) in [4.78, 5) is 17.6. The van der Waals surface area contributed by atoms with Crippen LogP contribution in [0.1, 0.15) is 10.4 Å². The van der Waals surface area contributed by atoms with E-state index in [4.69, 9.17) is 11.5 Å². The second-order valence-corrected chi connectivity index (χ2v) is 1.69. The molecule has 1 aromatic rings. The number of nitrogen functional groups attached to an aromatic ring is 1. The van der Waals surface area contributed by atoms with Crippen LogP contribution in [0.2, 0.25) is 0 Å². The number of anilines is 1. The van der Waals surface area contributed by atoms with E-state index in [1.807, 2.05) is 0 Å². The molecule has 52 valence electrons. The van der Waals surface area contributed by atoms with Crippen molar-refractivity contribution in [2.24, 2.45) is 5.73 Å². The molecule has 1 heterocycles. The summed E-state index contributed by atoms with van der Waals surface area (Å²) < 4.78 is 0. The third-order valence-corrected chi connectivity index (χ3v) is 1.01. The minimum Gasteiger partial charge on any atom is -0.383 e. The van der Waals surface area contributed by atoms with Crippen LogP contribution in [-0.2, 0) is 0 Å². The zero-order chi connectivity index (χ0) is 7.56. The molecule has 10 heavy (non-hydrogen) atoms. The van der Waals surface area contributed by atoms with Gasteiger partial charge in [-0.25, -0.2) is 9.97 Å². The van der Waals surface area contributed by atoms with Crippen LogP contribution in [-0.4, -0.2) is 15.9 Å². The number of amides is 1. The lowest BCUT2D eigenvalue weighted by Crippen LogP contribution is -2.14. The van der Waals surface area contributed by atoms with E-state index >= 15 is 0 Å². The third-order valence-electron chi connectivity index (χ3n) is 1.01. The van der Waals surface area contributed by atoms with E-state index in [1.54, 1.807) is 0 Å². The van der Waals surface area contributed by atoms with Gasteiger partial charge in [0, 0.05) is 6.20 Å². The number of primary amides is 1. The number of carbonyl (C=O) groups excluding carboxylic acids is 1. The molecule has 0 aromatic carbocycles. The summed E-state index contributed by atoms with van der Waals surface area (Å²) in [5.41, 5.74) is 10.3. The van der Waals surface area contributed by atoms with Crippen LogP contribution in [0.3, 0.4) is 0 Å². The van der Waals surface area contributed by atoms with Gasteiger partial charge in [-0.05, 0) is 0 Å². The fourth-order valence-electron chi connectivity index (χ4n) is 0.529. The second-order valence-electron chi connectivity index (χ2n) is 1.69. The zero-order valence-corrected chi connectivity index (χ0v) is 5.11. The van der Waals surface area contributed by atoms with Gasteiger partial charge < -0.3 is 11.5 Å². The SMILES string of the molecule is NC(=O)c1cncnc1N. The molecule has 0 bridgehead atoms. The lowest BCUT2D eigenvalue weighted by Gasteiger charge is -1.95. The van der Waals surface area contributed by atoms with Crippen LogP contribution in [0.4, 0.5) is 5.82 Å². The molecule has 0 atom stereocenters. The van der Waals surface area contributed by atoms with Gasteiger partial charge in [0.2, 0.25) is 0 Å². The molecular formula is C5H6N4O. The van der Waals surface area contributed by atoms with E-state index in [0.717, 1.165) is 0 Å². The Bertz CT molecular complexity index is 260. The summed E-state index contributed by atoms with van der Waals surface area (Å²) in [6.45, 7) is 0. The predicted molar refractivity (Wildman–Crippen MR) is 35.0 cm³/mol. The van der Waals surface area contributed by atoms with Crippen molar-refractivity contribution >= 4 is 11.7 Å². The Kier molecular flexibility index (Phi) is 1.49. The molecule has 0 unspecified atom stereocenters. The van der Waals surface area contributed by atoms with Crippen LogP contribution < -0.4 is 11.5 Å². The molecule has 1 aromatic heterocycles. The maximum absolute atomic E-state index is 10.5. The smallest absolute Gasteiger partial charge is 0.254 e. The summed E-state index contributed by atoms with van der Waals surface area (Å²) in [7, 11) is 0. The number of nitrogens with zero attached hydrogens (tertiary/aromatic N) is 2. The minimum atomic E-state index is -0.613. The molecule has 0 aliphatic carbocycles. The molecule has 5 heteroatoms. The van der Waals surface area contributed by atoms with Crippen molar-refractivity contribution < 1.29 is 4.79 Å². The Morgan fingerprint density at radius 2 is 2.30 bits per heavy atom. The van der Waals surface area contributed by atoms with E-state index in [2.05, 4.69) is 9.97 Å². The van der Waals surface area contributed by atoms with Crippen LogP contribution in [0.5, 0.6) is 0 Å². The molecule has 0 radical (unpaired) electrons. The standard InChI is InChI=1S/C5H6N4O/c6-4-3(5(7)10)1-8-2-9-4/h1-2H,(H2,7,10)(H2,6,8,9). The molecule has 0 saturated carbocycles. The van der Waals surface area contributed by atoms with E-state index < -0.39 is 5.91 Å². The highest BCUT2D eigenvalue weighted by Crippen LogP contribution is 2.01. The topological polar surface area (TPSA) is 94.9 Å². The van der Waals surface area contributed by atoms with Crippen molar-refractivity contribution in [3.05, 3.63) is 18.1 Å². The molecule has 0 saturated heterocycles. The Balaban J connectivity index is 3.15. The first-order valence-electron chi connectivity index (χ1n) is 2.57. The third kappa shape index (κ3) is 1.02. The first-order valence-corrected chi connectivity index (χ1v) is 2.57. The minimum absolute atomic E-state index is 0.113. The number of carbonyl (C=O) groups is 1. The normalized spacial score (nSPS) is 9.20. The van der Waals surface area contributed by atoms with Crippen molar-refractivity contribution in [3.8, 4) is 0 Å². The Hall–Kier alpha value is -1.65. The Morgan fingerprint density at radius 3 is 2.70 bits per heavy atom.